The van der Waals surface area contributed by atoms with Gasteiger partial charge in [0.2, 0.25) is 5.95 Å². The molecule has 0 aliphatic carbocycles. The lowest BCUT2D eigenvalue weighted by Crippen LogP contribution is -1.97. The van der Waals surface area contributed by atoms with Crippen LogP contribution in [0.2, 0.25) is 0 Å². The topological polar surface area (TPSA) is 76.4 Å². The quantitative estimate of drug-likeness (QED) is 0.794. The fourth-order valence-corrected chi connectivity index (χ4v) is 2.47. The molecule has 0 radical (unpaired) electrons. The van der Waals surface area contributed by atoms with Crippen LogP contribution >= 0.6 is 31.9 Å². The van der Waals surface area contributed by atoms with Crippen LogP contribution in [0.15, 0.2) is 32.4 Å². The van der Waals surface area contributed by atoms with E-state index >= 15 is 0 Å². The standard InChI is InChI=1S/C11H10Br2N4O/c1-6-5-17(11(14)16-6)15-4-7-2-10(18)9(13)3-8(7)12/h2-5,18H,1H3,(H2,14,16). The third kappa shape index (κ3) is 2.73. The monoisotopic (exact) mass is 372 g/mol. The summed E-state index contributed by atoms with van der Waals surface area (Å²) in [6, 6.07) is 3.34. The Morgan fingerprint density at radius 3 is 2.72 bits per heavy atom. The Balaban J connectivity index is 2.34. The van der Waals surface area contributed by atoms with E-state index in [9.17, 15) is 5.11 Å². The number of nitrogens with two attached hydrogens (primary N) is 1. The number of phenolic OH excluding ortho intramolecular Hbond substituents is 1. The van der Waals surface area contributed by atoms with Crippen LogP contribution in [0.3, 0.4) is 0 Å². The molecule has 1 aromatic carbocycles. The van der Waals surface area contributed by atoms with Gasteiger partial charge in [0.25, 0.3) is 0 Å². The van der Waals surface area contributed by atoms with Gasteiger partial charge in [0.1, 0.15) is 5.75 Å². The third-order valence-electron chi connectivity index (χ3n) is 2.22. The third-order valence-corrected chi connectivity index (χ3v) is 3.54. The molecule has 0 saturated carbocycles. The molecule has 0 spiro atoms. The largest absolute Gasteiger partial charge is 0.507 e. The first kappa shape index (κ1) is 13.1. The van der Waals surface area contributed by atoms with Crippen LogP contribution < -0.4 is 5.73 Å². The predicted molar refractivity (Wildman–Crippen MR) is 77.9 cm³/mol. The number of hydrogen-bond acceptors (Lipinski definition) is 4. The number of nitrogens with zero attached hydrogens (tertiary/aromatic N) is 3. The Morgan fingerprint density at radius 1 is 1.39 bits per heavy atom. The van der Waals surface area contributed by atoms with E-state index in [0.717, 1.165) is 15.7 Å². The number of aromatic nitrogens is 2. The Hall–Kier alpha value is -1.34. The average Bonchev–Trinajstić information content (AvgIpc) is 2.61. The van der Waals surface area contributed by atoms with E-state index in [1.54, 1.807) is 24.5 Å². The van der Waals surface area contributed by atoms with Crippen molar-refractivity contribution >= 4 is 44.0 Å². The van der Waals surface area contributed by atoms with Gasteiger partial charge in [0, 0.05) is 10.0 Å². The van der Waals surface area contributed by atoms with E-state index in [2.05, 4.69) is 41.9 Å². The average molecular weight is 374 g/mol. The fraction of sp³-hybridized carbons (Fsp3) is 0.0909. The summed E-state index contributed by atoms with van der Waals surface area (Å²) in [5.74, 6) is 0.468. The van der Waals surface area contributed by atoms with Crippen LogP contribution in [0.5, 0.6) is 5.75 Å². The maximum atomic E-state index is 9.61. The van der Waals surface area contributed by atoms with E-state index in [-0.39, 0.29) is 5.75 Å². The normalized spacial score (nSPS) is 11.3. The van der Waals surface area contributed by atoms with Crippen LogP contribution in [0.1, 0.15) is 11.3 Å². The van der Waals surface area contributed by atoms with Crippen molar-refractivity contribution in [3.8, 4) is 5.75 Å². The van der Waals surface area contributed by atoms with E-state index in [0.29, 0.717) is 10.4 Å². The van der Waals surface area contributed by atoms with Crippen molar-refractivity contribution < 1.29 is 5.11 Å². The molecule has 0 fully saturated rings. The molecular formula is C11H10Br2N4O. The molecule has 2 aromatic rings. The zero-order valence-corrected chi connectivity index (χ0v) is 12.6. The molecule has 3 N–H and O–H groups in total. The van der Waals surface area contributed by atoms with E-state index in [1.807, 2.05) is 6.92 Å². The molecule has 18 heavy (non-hydrogen) atoms. The summed E-state index contributed by atoms with van der Waals surface area (Å²) in [6.45, 7) is 1.84. The molecule has 0 atom stereocenters. The van der Waals surface area contributed by atoms with Crippen LogP contribution in [-0.2, 0) is 0 Å². The van der Waals surface area contributed by atoms with Gasteiger partial charge in [-0.2, -0.15) is 5.10 Å². The van der Waals surface area contributed by atoms with Crippen LogP contribution in [0.4, 0.5) is 5.95 Å². The van der Waals surface area contributed by atoms with Crippen LogP contribution in [0.25, 0.3) is 0 Å². The molecule has 0 bridgehead atoms. The van der Waals surface area contributed by atoms with Crippen LogP contribution in [0, 0.1) is 6.92 Å². The number of aryl methyl sites for hydroxylation is 1. The number of rotatable bonds is 2. The number of aromatic hydroxyl groups is 1. The summed E-state index contributed by atoms with van der Waals surface area (Å²) in [6.07, 6.45) is 3.31. The molecule has 5 nitrogen and oxygen atoms in total. The van der Waals surface area contributed by atoms with Gasteiger partial charge >= 0.3 is 0 Å². The highest BCUT2D eigenvalue weighted by Gasteiger charge is 2.04. The molecule has 1 aromatic heterocycles. The summed E-state index contributed by atoms with van der Waals surface area (Å²) in [5.41, 5.74) is 7.20. The molecule has 0 aliphatic heterocycles. The Bertz CT molecular complexity index is 622. The number of phenols is 1. The van der Waals surface area contributed by atoms with Crippen LogP contribution in [-0.4, -0.2) is 21.0 Å². The first-order valence-corrected chi connectivity index (χ1v) is 6.60. The zero-order chi connectivity index (χ0) is 13.3. The SMILES string of the molecule is Cc1cn(N=Cc2cc(O)c(Br)cc2Br)c(N)n1. The smallest absolute Gasteiger partial charge is 0.221 e. The first-order valence-electron chi connectivity index (χ1n) is 5.01. The highest BCUT2D eigenvalue weighted by Crippen LogP contribution is 2.29. The molecule has 0 amide bonds. The number of benzene rings is 1. The fourth-order valence-electron chi connectivity index (χ4n) is 1.37. The summed E-state index contributed by atoms with van der Waals surface area (Å²) in [5, 5.41) is 13.8. The van der Waals surface area contributed by atoms with Gasteiger partial charge < -0.3 is 10.8 Å². The Morgan fingerprint density at radius 2 is 2.11 bits per heavy atom. The van der Waals surface area contributed by atoms with Gasteiger partial charge in [-0.25, -0.2) is 9.66 Å². The molecule has 2 rings (SSSR count). The van der Waals surface area contributed by atoms with Crippen molar-refractivity contribution in [2.45, 2.75) is 6.92 Å². The summed E-state index contributed by atoms with van der Waals surface area (Å²) >= 11 is 6.62. The van der Waals surface area contributed by atoms with Crippen molar-refractivity contribution in [1.29, 1.82) is 0 Å². The van der Waals surface area contributed by atoms with Crippen molar-refractivity contribution in [3.63, 3.8) is 0 Å². The van der Waals surface area contributed by atoms with Crippen molar-refractivity contribution in [1.82, 2.24) is 9.66 Å². The summed E-state index contributed by atoms with van der Waals surface area (Å²) in [4.78, 5) is 4.04. The molecule has 0 unspecified atom stereocenters. The molecule has 94 valence electrons. The van der Waals surface area contributed by atoms with Gasteiger partial charge in [-0.15, -0.1) is 0 Å². The van der Waals surface area contributed by atoms with Gasteiger partial charge in [0.05, 0.1) is 22.6 Å². The van der Waals surface area contributed by atoms with Crippen molar-refractivity contribution in [2.75, 3.05) is 5.73 Å². The lowest BCUT2D eigenvalue weighted by Gasteiger charge is -2.02. The number of imidazole rings is 1. The summed E-state index contributed by atoms with van der Waals surface area (Å²) in [7, 11) is 0. The number of halogens is 2. The van der Waals surface area contributed by atoms with Gasteiger partial charge in [-0.3, -0.25) is 0 Å². The Labute approximate surface area is 121 Å². The number of anilines is 1. The van der Waals surface area contributed by atoms with Gasteiger partial charge in [0.15, 0.2) is 0 Å². The molecular weight excluding hydrogens is 364 g/mol. The molecule has 0 aliphatic rings. The van der Waals surface area contributed by atoms with Crippen molar-refractivity contribution in [2.24, 2.45) is 5.10 Å². The zero-order valence-electron chi connectivity index (χ0n) is 9.43. The number of nitrogen functional groups attached to an aromatic ring is 1. The Kier molecular flexibility index (Phi) is 3.72. The molecule has 7 heteroatoms. The van der Waals surface area contributed by atoms with E-state index < -0.39 is 0 Å². The molecule has 0 saturated heterocycles. The van der Waals surface area contributed by atoms with E-state index in [4.69, 9.17) is 5.73 Å². The second-order valence-corrected chi connectivity index (χ2v) is 5.36. The second-order valence-electron chi connectivity index (χ2n) is 3.65. The highest BCUT2D eigenvalue weighted by molar-refractivity contribution is 9.11. The highest BCUT2D eigenvalue weighted by atomic mass is 79.9. The van der Waals surface area contributed by atoms with Gasteiger partial charge in [-0.1, -0.05) is 15.9 Å². The number of hydrogen-bond donors (Lipinski definition) is 2. The summed E-state index contributed by atoms with van der Waals surface area (Å²) < 4.78 is 2.90. The van der Waals surface area contributed by atoms with Crippen molar-refractivity contribution in [3.05, 3.63) is 38.5 Å². The molecule has 1 heterocycles. The van der Waals surface area contributed by atoms with E-state index in [1.165, 1.54) is 4.68 Å². The first-order chi connectivity index (χ1) is 8.47. The van der Waals surface area contributed by atoms with Gasteiger partial charge in [-0.05, 0) is 35.0 Å². The minimum atomic E-state index is 0.148. The minimum absolute atomic E-state index is 0.148. The minimum Gasteiger partial charge on any atom is -0.507 e. The predicted octanol–water partition coefficient (Wildman–Crippen LogP) is 2.89. The lowest BCUT2D eigenvalue weighted by molar-refractivity contribution is 0.471. The maximum Gasteiger partial charge on any atom is 0.221 e. The lowest BCUT2D eigenvalue weighted by atomic mass is 10.2. The maximum absolute atomic E-state index is 9.61. The second kappa shape index (κ2) is 5.11.